The van der Waals surface area contributed by atoms with Crippen molar-refractivity contribution >= 4 is 29.0 Å². The third kappa shape index (κ3) is 7.95. The number of nitrogens with zero attached hydrogens (tertiary/aromatic N) is 2. The van der Waals surface area contributed by atoms with E-state index in [4.69, 9.17) is 9.47 Å². The van der Waals surface area contributed by atoms with Crippen LogP contribution in [0.25, 0.3) is 0 Å². The van der Waals surface area contributed by atoms with Gasteiger partial charge in [-0.15, -0.1) is 11.3 Å². The molecule has 0 atom stereocenters. The van der Waals surface area contributed by atoms with Crippen molar-refractivity contribution in [2.45, 2.75) is 39.8 Å². The molecule has 9 heteroatoms. The molecule has 7 nitrogen and oxygen atoms in total. The fraction of sp³-hybridized carbons (Fsp3) is 0.357. The molecule has 3 aromatic rings. The Balaban J connectivity index is 1.75. The van der Waals surface area contributed by atoms with Crippen molar-refractivity contribution in [3.63, 3.8) is 0 Å². The average Bonchev–Trinajstić information content (AvgIpc) is 3.28. The van der Waals surface area contributed by atoms with E-state index in [1.165, 1.54) is 28.0 Å². The molecule has 0 radical (unpaired) electrons. The number of hydrogen-bond acceptors (Lipinski definition) is 5. The van der Waals surface area contributed by atoms with Crippen molar-refractivity contribution in [2.24, 2.45) is 0 Å². The van der Waals surface area contributed by atoms with Crippen molar-refractivity contribution in [1.29, 1.82) is 0 Å². The molecule has 0 saturated heterocycles. The van der Waals surface area contributed by atoms with Gasteiger partial charge in [0.25, 0.3) is 0 Å². The van der Waals surface area contributed by atoms with Crippen LogP contribution in [0.1, 0.15) is 29.2 Å². The summed E-state index contributed by atoms with van der Waals surface area (Å²) in [5.41, 5.74) is 1.34. The maximum atomic E-state index is 13.6. The summed E-state index contributed by atoms with van der Waals surface area (Å²) in [4.78, 5) is 32.0. The third-order valence-corrected chi connectivity index (χ3v) is 6.86. The fourth-order valence-electron chi connectivity index (χ4n) is 3.85. The number of methoxy groups -OCH3 is 2. The number of nitrogens with one attached hydrogen (secondary N) is 1. The second-order valence-corrected chi connectivity index (χ2v) is 10.3. The molecule has 198 valence electrons. The summed E-state index contributed by atoms with van der Waals surface area (Å²) in [7, 11) is 3.18. The van der Waals surface area contributed by atoms with Crippen LogP contribution in [0.5, 0.6) is 11.5 Å². The van der Waals surface area contributed by atoms with Crippen LogP contribution in [0.2, 0.25) is 0 Å². The van der Waals surface area contributed by atoms with E-state index in [2.05, 4.69) is 5.32 Å². The van der Waals surface area contributed by atoms with Crippen LogP contribution in [-0.2, 0) is 17.8 Å². The zero-order valence-corrected chi connectivity index (χ0v) is 22.7. The van der Waals surface area contributed by atoms with Gasteiger partial charge in [-0.05, 0) is 75.2 Å². The van der Waals surface area contributed by atoms with Gasteiger partial charge in [0, 0.05) is 28.0 Å². The van der Waals surface area contributed by atoms with E-state index in [0.717, 1.165) is 10.4 Å². The van der Waals surface area contributed by atoms with Crippen LogP contribution in [0.3, 0.4) is 0 Å². The smallest absolute Gasteiger partial charge is 0.322 e. The number of hydrogen-bond donors (Lipinski definition) is 1. The Bertz CT molecular complexity index is 1210. The molecule has 3 amide bonds. The predicted octanol–water partition coefficient (Wildman–Crippen LogP) is 5.73. The number of urea groups is 1. The number of amides is 3. The first kappa shape index (κ1) is 28.0. The first-order valence-electron chi connectivity index (χ1n) is 12.1. The first-order valence-corrected chi connectivity index (χ1v) is 12.9. The lowest BCUT2D eigenvalue weighted by Crippen LogP contribution is -2.47. The van der Waals surface area contributed by atoms with Gasteiger partial charge in [-0.1, -0.05) is 12.1 Å². The van der Waals surface area contributed by atoms with Gasteiger partial charge in [0.1, 0.15) is 12.4 Å². The highest BCUT2D eigenvalue weighted by atomic mass is 32.1. The van der Waals surface area contributed by atoms with Crippen molar-refractivity contribution in [2.75, 3.05) is 32.6 Å². The Labute approximate surface area is 221 Å². The van der Waals surface area contributed by atoms with Crippen LogP contribution >= 0.6 is 11.3 Å². The molecule has 0 saturated carbocycles. The van der Waals surface area contributed by atoms with Crippen LogP contribution in [-0.4, -0.2) is 55.1 Å². The van der Waals surface area contributed by atoms with Crippen LogP contribution in [0, 0.1) is 12.7 Å². The lowest BCUT2D eigenvalue weighted by atomic mass is 10.1. The zero-order valence-electron chi connectivity index (χ0n) is 21.9. The van der Waals surface area contributed by atoms with Gasteiger partial charge in [-0.25, -0.2) is 9.18 Å². The molecule has 37 heavy (non-hydrogen) atoms. The van der Waals surface area contributed by atoms with Gasteiger partial charge in [0.15, 0.2) is 11.5 Å². The minimum Gasteiger partial charge on any atom is -0.493 e. The molecule has 0 aliphatic heterocycles. The second-order valence-electron chi connectivity index (χ2n) is 8.93. The molecule has 1 aromatic heterocycles. The molecule has 0 spiro atoms. The topological polar surface area (TPSA) is 71.1 Å². The van der Waals surface area contributed by atoms with E-state index in [0.29, 0.717) is 36.7 Å². The highest BCUT2D eigenvalue weighted by Gasteiger charge is 2.24. The van der Waals surface area contributed by atoms with E-state index in [-0.39, 0.29) is 18.5 Å². The van der Waals surface area contributed by atoms with Gasteiger partial charge < -0.3 is 24.6 Å². The Kier molecular flexibility index (Phi) is 9.91. The van der Waals surface area contributed by atoms with Crippen LogP contribution < -0.4 is 14.8 Å². The van der Waals surface area contributed by atoms with E-state index in [1.54, 1.807) is 36.5 Å². The molecule has 3 rings (SSSR count). The molecule has 0 bridgehead atoms. The molecule has 1 heterocycles. The number of benzene rings is 2. The standard InChI is InChI=1S/C28H34FN3O4S/c1-19(2)32(28(34)30-23-8-6-7-22(29)16-23)18-27(33)31(17-24-11-9-20(3)37-24)14-13-21-10-12-25(35-4)26(15-21)36-5/h6-12,15-16,19H,13-14,17-18H2,1-5H3,(H,30,34). The average molecular weight is 528 g/mol. The zero-order chi connectivity index (χ0) is 26.9. The number of carbonyl (C=O) groups excluding carboxylic acids is 2. The quantitative estimate of drug-likeness (QED) is 0.346. The van der Waals surface area contributed by atoms with E-state index >= 15 is 0 Å². The summed E-state index contributed by atoms with van der Waals surface area (Å²) in [5.74, 6) is 0.657. The largest absolute Gasteiger partial charge is 0.493 e. The maximum absolute atomic E-state index is 13.6. The molecule has 2 aromatic carbocycles. The fourth-order valence-corrected chi connectivity index (χ4v) is 4.75. The number of thiophene rings is 1. The molecule has 0 aliphatic rings. The number of halogens is 1. The monoisotopic (exact) mass is 527 g/mol. The highest BCUT2D eigenvalue weighted by Crippen LogP contribution is 2.28. The SMILES string of the molecule is COc1ccc(CCN(Cc2ccc(C)s2)C(=O)CN(C(=O)Nc2cccc(F)c2)C(C)C)cc1OC. The van der Waals surface area contributed by atoms with Gasteiger partial charge in [0.05, 0.1) is 20.8 Å². The summed E-state index contributed by atoms with van der Waals surface area (Å²) in [6.45, 7) is 6.52. The predicted molar refractivity (Wildman–Crippen MR) is 145 cm³/mol. The minimum absolute atomic E-state index is 0.102. The van der Waals surface area contributed by atoms with Crippen molar-refractivity contribution in [3.05, 3.63) is 75.7 Å². The van der Waals surface area contributed by atoms with E-state index in [1.807, 2.05) is 51.1 Å². The van der Waals surface area contributed by atoms with E-state index in [9.17, 15) is 14.0 Å². The summed E-state index contributed by atoms with van der Waals surface area (Å²) in [6, 6.07) is 14.7. The molecule has 1 N–H and O–H groups in total. The first-order chi connectivity index (χ1) is 17.7. The summed E-state index contributed by atoms with van der Waals surface area (Å²) < 4.78 is 24.3. The van der Waals surface area contributed by atoms with Crippen molar-refractivity contribution in [3.8, 4) is 11.5 Å². The number of rotatable bonds is 11. The number of aryl methyl sites for hydroxylation is 1. The summed E-state index contributed by atoms with van der Waals surface area (Å²) in [6.07, 6.45) is 0.605. The number of ether oxygens (including phenoxy) is 2. The van der Waals surface area contributed by atoms with Crippen LogP contribution in [0.4, 0.5) is 14.9 Å². The van der Waals surface area contributed by atoms with E-state index < -0.39 is 11.8 Å². The van der Waals surface area contributed by atoms with Gasteiger partial charge >= 0.3 is 6.03 Å². The maximum Gasteiger partial charge on any atom is 0.322 e. The Morgan fingerprint density at radius 1 is 1.03 bits per heavy atom. The molecule has 0 aliphatic carbocycles. The van der Waals surface area contributed by atoms with Gasteiger partial charge in [-0.2, -0.15) is 0 Å². The van der Waals surface area contributed by atoms with Crippen molar-refractivity contribution in [1.82, 2.24) is 9.80 Å². The molecular weight excluding hydrogens is 493 g/mol. The second kappa shape index (κ2) is 13.1. The van der Waals surface area contributed by atoms with Gasteiger partial charge in [0.2, 0.25) is 5.91 Å². The normalized spacial score (nSPS) is 10.8. The minimum atomic E-state index is -0.458. The molecule has 0 unspecified atom stereocenters. The Hall–Kier alpha value is -3.59. The van der Waals surface area contributed by atoms with Gasteiger partial charge in [-0.3, -0.25) is 4.79 Å². The summed E-state index contributed by atoms with van der Waals surface area (Å²) in [5, 5.41) is 2.70. The highest BCUT2D eigenvalue weighted by molar-refractivity contribution is 7.11. The Morgan fingerprint density at radius 2 is 1.78 bits per heavy atom. The molecular formula is C28H34FN3O4S. The van der Waals surface area contributed by atoms with Crippen LogP contribution in [0.15, 0.2) is 54.6 Å². The molecule has 0 fully saturated rings. The summed E-state index contributed by atoms with van der Waals surface area (Å²) >= 11 is 1.64. The van der Waals surface area contributed by atoms with Crippen molar-refractivity contribution < 1.29 is 23.5 Å². The number of anilines is 1. The third-order valence-electron chi connectivity index (χ3n) is 5.88. The lowest BCUT2D eigenvalue weighted by molar-refractivity contribution is -0.132. The Morgan fingerprint density at radius 3 is 2.41 bits per heavy atom. The number of carbonyl (C=O) groups is 2. The lowest BCUT2D eigenvalue weighted by Gasteiger charge is -2.30.